The number of carbonyl (C=O) groups is 2. The summed E-state index contributed by atoms with van der Waals surface area (Å²) in [4.78, 5) is 26.1. The molecule has 1 aliphatic rings. The van der Waals surface area contributed by atoms with Gasteiger partial charge >= 0.3 is 0 Å². The highest BCUT2D eigenvalue weighted by Gasteiger charge is 2.35. The van der Waals surface area contributed by atoms with E-state index < -0.39 is 5.92 Å². The average molecular weight is 396 g/mol. The number of benzene rings is 1. The monoisotopic (exact) mass is 396 g/mol. The predicted octanol–water partition coefficient (Wildman–Crippen LogP) is 2.41. The van der Waals surface area contributed by atoms with E-state index in [0.29, 0.717) is 17.4 Å². The van der Waals surface area contributed by atoms with Crippen molar-refractivity contribution in [1.29, 1.82) is 0 Å². The van der Waals surface area contributed by atoms with E-state index in [1.807, 2.05) is 0 Å². The number of methoxy groups -OCH3 is 1. The smallest absolute Gasteiger partial charge is 0.231 e. The normalized spacial score (nSPS) is 16.9. The zero-order chi connectivity index (χ0) is 18.5. The number of nitrogens with zero attached hydrogens (tertiary/aromatic N) is 3. The molecule has 0 bridgehead atoms. The van der Waals surface area contributed by atoms with Crippen molar-refractivity contribution in [2.75, 3.05) is 36.2 Å². The summed E-state index contributed by atoms with van der Waals surface area (Å²) in [5, 5.41) is 11.1. The molecule has 1 saturated heterocycles. The molecular weight excluding hydrogens is 379 g/mol. The standard InChI is InChI=1S/C16H17FN4O3S2/c1-24-6-7-25-16-20-19-15(26-16)18-14(23)10-8-13(22)21(9-10)12-4-2-11(17)3-5-12/h2-5,10H,6-9H2,1H3,(H,18,19,23)/t10-/m1/s1. The Morgan fingerprint density at radius 3 is 2.92 bits per heavy atom. The molecule has 0 aliphatic carbocycles. The van der Waals surface area contributed by atoms with Gasteiger partial charge in [0.2, 0.25) is 16.9 Å². The molecular formula is C16H17FN4O3S2. The third-order valence-electron chi connectivity index (χ3n) is 3.78. The van der Waals surface area contributed by atoms with Crippen molar-refractivity contribution in [1.82, 2.24) is 10.2 Å². The molecule has 1 fully saturated rings. The quantitative estimate of drug-likeness (QED) is 0.440. The first-order valence-electron chi connectivity index (χ1n) is 7.89. The van der Waals surface area contributed by atoms with Gasteiger partial charge < -0.3 is 15.0 Å². The van der Waals surface area contributed by atoms with E-state index in [1.54, 1.807) is 7.11 Å². The van der Waals surface area contributed by atoms with Crippen LogP contribution >= 0.6 is 23.1 Å². The Morgan fingerprint density at radius 1 is 1.42 bits per heavy atom. The van der Waals surface area contributed by atoms with E-state index in [9.17, 15) is 14.0 Å². The van der Waals surface area contributed by atoms with Gasteiger partial charge in [0.15, 0.2) is 4.34 Å². The summed E-state index contributed by atoms with van der Waals surface area (Å²) >= 11 is 2.78. The van der Waals surface area contributed by atoms with Crippen molar-refractivity contribution in [3.8, 4) is 0 Å². The van der Waals surface area contributed by atoms with Crippen LogP contribution in [-0.4, -0.2) is 48.0 Å². The van der Waals surface area contributed by atoms with Crippen LogP contribution in [0.15, 0.2) is 28.6 Å². The van der Waals surface area contributed by atoms with Crippen LogP contribution < -0.4 is 10.2 Å². The molecule has 10 heteroatoms. The second-order valence-electron chi connectivity index (χ2n) is 5.59. The maximum atomic E-state index is 13.0. The third kappa shape index (κ3) is 4.57. The number of carbonyl (C=O) groups excluding carboxylic acids is 2. The van der Waals surface area contributed by atoms with Crippen molar-refractivity contribution in [2.24, 2.45) is 5.92 Å². The van der Waals surface area contributed by atoms with Gasteiger partial charge in [0, 0.05) is 31.5 Å². The van der Waals surface area contributed by atoms with Crippen LogP contribution in [0.5, 0.6) is 0 Å². The lowest BCUT2D eigenvalue weighted by atomic mass is 10.1. The predicted molar refractivity (Wildman–Crippen MR) is 98.0 cm³/mol. The van der Waals surface area contributed by atoms with Gasteiger partial charge in [0.1, 0.15) is 5.82 Å². The number of nitrogens with one attached hydrogen (secondary N) is 1. The fourth-order valence-corrected chi connectivity index (χ4v) is 4.22. The average Bonchev–Trinajstić information content (AvgIpc) is 3.23. The molecule has 1 N–H and O–H groups in total. The topological polar surface area (TPSA) is 84.4 Å². The van der Waals surface area contributed by atoms with Gasteiger partial charge in [-0.2, -0.15) is 0 Å². The molecule has 1 aromatic carbocycles. The van der Waals surface area contributed by atoms with Gasteiger partial charge in [0.25, 0.3) is 0 Å². The minimum absolute atomic E-state index is 0.109. The number of hydrogen-bond acceptors (Lipinski definition) is 7. The first-order chi connectivity index (χ1) is 12.6. The number of aromatic nitrogens is 2. The Balaban J connectivity index is 1.57. The highest BCUT2D eigenvalue weighted by atomic mass is 32.2. The van der Waals surface area contributed by atoms with Gasteiger partial charge in [-0.05, 0) is 24.3 Å². The number of thioether (sulfide) groups is 1. The number of hydrogen-bond donors (Lipinski definition) is 1. The van der Waals surface area contributed by atoms with Gasteiger partial charge in [-0.3, -0.25) is 9.59 Å². The number of ether oxygens (including phenoxy) is 1. The molecule has 1 atom stereocenters. The Kier molecular flexibility index (Phi) is 6.17. The van der Waals surface area contributed by atoms with E-state index in [2.05, 4.69) is 15.5 Å². The maximum Gasteiger partial charge on any atom is 0.231 e. The second-order valence-corrected chi connectivity index (χ2v) is 7.91. The Bertz CT molecular complexity index is 784. The van der Waals surface area contributed by atoms with Crippen LogP contribution in [0.4, 0.5) is 15.2 Å². The van der Waals surface area contributed by atoms with E-state index in [1.165, 1.54) is 52.3 Å². The van der Waals surface area contributed by atoms with Gasteiger partial charge in [-0.1, -0.05) is 23.1 Å². The molecule has 2 amide bonds. The van der Waals surface area contributed by atoms with Gasteiger partial charge in [-0.25, -0.2) is 4.39 Å². The lowest BCUT2D eigenvalue weighted by Crippen LogP contribution is -2.28. The van der Waals surface area contributed by atoms with E-state index in [4.69, 9.17) is 4.74 Å². The van der Waals surface area contributed by atoms with Crippen LogP contribution in [0, 0.1) is 11.7 Å². The first kappa shape index (κ1) is 18.7. The number of anilines is 2. The minimum Gasteiger partial charge on any atom is -0.384 e. The molecule has 26 heavy (non-hydrogen) atoms. The van der Waals surface area contributed by atoms with E-state index in [0.717, 1.165) is 10.1 Å². The van der Waals surface area contributed by atoms with Crippen molar-refractivity contribution in [3.63, 3.8) is 0 Å². The Morgan fingerprint density at radius 2 is 2.19 bits per heavy atom. The van der Waals surface area contributed by atoms with E-state index >= 15 is 0 Å². The number of amides is 2. The van der Waals surface area contributed by atoms with Crippen molar-refractivity contribution >= 4 is 45.7 Å². The summed E-state index contributed by atoms with van der Waals surface area (Å²) in [5.41, 5.74) is 0.583. The summed E-state index contributed by atoms with van der Waals surface area (Å²) in [6, 6.07) is 5.64. The van der Waals surface area contributed by atoms with Crippen LogP contribution in [0.1, 0.15) is 6.42 Å². The number of halogens is 1. The molecule has 1 aliphatic heterocycles. The number of rotatable bonds is 7. The van der Waals surface area contributed by atoms with Crippen LogP contribution in [-0.2, 0) is 14.3 Å². The largest absolute Gasteiger partial charge is 0.384 e. The van der Waals surface area contributed by atoms with Crippen molar-refractivity contribution in [3.05, 3.63) is 30.1 Å². The molecule has 138 valence electrons. The molecule has 0 spiro atoms. The molecule has 0 unspecified atom stereocenters. The molecule has 2 aromatic rings. The Labute approximate surface area is 157 Å². The SMILES string of the molecule is COCCSc1nnc(NC(=O)[C@@H]2CC(=O)N(c3ccc(F)cc3)C2)s1. The molecule has 0 saturated carbocycles. The first-order valence-corrected chi connectivity index (χ1v) is 9.69. The van der Waals surface area contributed by atoms with Crippen LogP contribution in [0.25, 0.3) is 0 Å². The van der Waals surface area contributed by atoms with Crippen molar-refractivity contribution < 1.29 is 18.7 Å². The zero-order valence-electron chi connectivity index (χ0n) is 14.0. The molecule has 2 heterocycles. The van der Waals surface area contributed by atoms with E-state index in [-0.39, 0.29) is 30.6 Å². The third-order valence-corrected chi connectivity index (χ3v) is 5.72. The fourth-order valence-electron chi connectivity index (χ4n) is 2.49. The van der Waals surface area contributed by atoms with Crippen LogP contribution in [0.2, 0.25) is 0 Å². The van der Waals surface area contributed by atoms with Gasteiger partial charge in [0.05, 0.1) is 12.5 Å². The molecule has 0 radical (unpaired) electrons. The summed E-state index contributed by atoms with van der Waals surface area (Å²) in [6.07, 6.45) is 0.109. The molecule has 1 aromatic heterocycles. The highest BCUT2D eigenvalue weighted by molar-refractivity contribution is 8.01. The van der Waals surface area contributed by atoms with Gasteiger partial charge in [-0.15, -0.1) is 10.2 Å². The zero-order valence-corrected chi connectivity index (χ0v) is 15.6. The summed E-state index contributed by atoms with van der Waals surface area (Å²) in [7, 11) is 1.63. The fraction of sp³-hybridized carbons (Fsp3) is 0.375. The summed E-state index contributed by atoms with van der Waals surface area (Å²) in [6.45, 7) is 0.861. The minimum atomic E-state index is -0.485. The maximum absolute atomic E-state index is 13.0. The second kappa shape index (κ2) is 8.56. The van der Waals surface area contributed by atoms with Crippen molar-refractivity contribution in [2.45, 2.75) is 10.8 Å². The lowest BCUT2D eigenvalue weighted by Gasteiger charge is -2.16. The molecule has 7 nitrogen and oxygen atoms in total. The molecule has 3 rings (SSSR count). The Hall–Kier alpha value is -2.04. The summed E-state index contributed by atoms with van der Waals surface area (Å²) < 4.78 is 18.7. The highest BCUT2D eigenvalue weighted by Crippen LogP contribution is 2.28. The van der Waals surface area contributed by atoms with Crippen LogP contribution in [0.3, 0.4) is 0 Å². The summed E-state index contributed by atoms with van der Waals surface area (Å²) in [5.74, 6) is -0.536. The lowest BCUT2D eigenvalue weighted by molar-refractivity contribution is -0.122.